The van der Waals surface area contributed by atoms with Crippen molar-refractivity contribution >= 4 is 51.8 Å². The Morgan fingerprint density at radius 2 is 1.90 bits per heavy atom. The van der Waals surface area contributed by atoms with E-state index in [0.29, 0.717) is 73.1 Å². The molecule has 1 atom stereocenters. The highest BCUT2D eigenvalue weighted by molar-refractivity contribution is 7.14. The fourth-order valence-electron chi connectivity index (χ4n) is 8.93. The van der Waals surface area contributed by atoms with Gasteiger partial charge >= 0.3 is 6.18 Å². The monoisotopic (exact) mass is 832 g/mol. The van der Waals surface area contributed by atoms with Crippen LogP contribution in [0.3, 0.4) is 0 Å². The van der Waals surface area contributed by atoms with Crippen molar-refractivity contribution in [1.82, 2.24) is 19.4 Å². The van der Waals surface area contributed by atoms with E-state index in [1.807, 2.05) is 4.90 Å². The van der Waals surface area contributed by atoms with Crippen molar-refractivity contribution < 1.29 is 32.6 Å². The van der Waals surface area contributed by atoms with Gasteiger partial charge < -0.3 is 29.9 Å². The number of halogens is 3. The van der Waals surface area contributed by atoms with Crippen LogP contribution in [0, 0.1) is 5.41 Å². The summed E-state index contributed by atoms with van der Waals surface area (Å²) in [6, 6.07) is 4.30. The second kappa shape index (κ2) is 15.8. The van der Waals surface area contributed by atoms with Gasteiger partial charge in [0.25, 0.3) is 11.5 Å². The maximum Gasteiger partial charge on any atom is 0.409 e. The van der Waals surface area contributed by atoms with Crippen LogP contribution in [0.25, 0.3) is 11.3 Å². The van der Waals surface area contributed by atoms with Crippen molar-refractivity contribution in [3.8, 4) is 11.3 Å². The maximum atomic E-state index is 14.7. The zero-order valence-electron chi connectivity index (χ0n) is 33.2. The van der Waals surface area contributed by atoms with Crippen LogP contribution in [0.2, 0.25) is 0 Å². The number of aryl methyl sites for hydroxylation is 1. The molecular weight excluding hydrogens is 786 g/mol. The second-order valence-corrected chi connectivity index (χ2v) is 17.5. The highest BCUT2D eigenvalue weighted by atomic mass is 32.1. The number of aliphatic hydroxyl groups is 1. The summed E-state index contributed by atoms with van der Waals surface area (Å²) < 4.78 is 50.9. The average molecular weight is 833 g/mol. The topological polar surface area (TPSA) is 145 Å². The lowest BCUT2D eigenvalue weighted by molar-refractivity contribution is -0.159. The first-order chi connectivity index (χ1) is 28.2. The van der Waals surface area contributed by atoms with Gasteiger partial charge in [-0.15, -0.1) is 11.3 Å². The van der Waals surface area contributed by atoms with Gasteiger partial charge in [0, 0.05) is 86.6 Å². The molecule has 3 aromatic heterocycles. The molecule has 1 aliphatic carbocycles. The molecule has 4 aromatic rings. The molecule has 4 aliphatic rings. The average Bonchev–Trinajstić information content (AvgIpc) is 3.71. The van der Waals surface area contributed by atoms with Crippen molar-refractivity contribution in [2.45, 2.75) is 70.8 Å². The zero-order chi connectivity index (χ0) is 41.8. The van der Waals surface area contributed by atoms with E-state index in [0.717, 1.165) is 24.5 Å². The molecule has 0 spiro atoms. The number of pyridine rings is 1. The van der Waals surface area contributed by atoms with E-state index in [2.05, 4.69) is 41.0 Å². The Kier molecular flexibility index (Phi) is 10.9. The standard InChI is InChI=1S/C42H47F3N8O5S/c1-5-35(55)48-30-18-24(6-7-32(30)52-15-14-51(22-34(52)42(43,44)45)25-10-16-58-17-11-25)47-37-40(57)50(4)21-31(49-37)26-8-12-46-38(29(26)23-54)53-13-9-27-28-19-41(2,3)20-33(28)59-36(27)39(53)56/h5-8,12,18,21,25,34,54H,1,9-11,13-17,19-20,22-23H2,2-4H3,(H,47,49)(H,48,55). The van der Waals surface area contributed by atoms with Gasteiger partial charge in [0.05, 0.1) is 28.6 Å². The molecule has 0 saturated carbocycles. The third-order valence-corrected chi connectivity index (χ3v) is 13.1. The molecule has 13 nitrogen and oxygen atoms in total. The number of aliphatic hydroxyl groups excluding tert-OH is 1. The van der Waals surface area contributed by atoms with Gasteiger partial charge in [-0.3, -0.25) is 24.2 Å². The number of fused-ring (bicyclic) bond motifs is 3. The molecule has 312 valence electrons. The van der Waals surface area contributed by atoms with E-state index in [4.69, 9.17) is 4.74 Å². The molecule has 2 amide bonds. The van der Waals surface area contributed by atoms with Crippen molar-refractivity contribution in [2.75, 3.05) is 59.8 Å². The summed E-state index contributed by atoms with van der Waals surface area (Å²) >= 11 is 1.55. The molecule has 0 radical (unpaired) electrons. The lowest BCUT2D eigenvalue weighted by Crippen LogP contribution is -2.61. The van der Waals surface area contributed by atoms with Crippen molar-refractivity contribution in [3.05, 3.63) is 86.1 Å². The van der Waals surface area contributed by atoms with Crippen LogP contribution in [0.4, 0.5) is 41.9 Å². The number of hydrogen-bond donors (Lipinski definition) is 3. The molecule has 3 N–H and O–H groups in total. The van der Waals surface area contributed by atoms with Crippen LogP contribution in [0.5, 0.6) is 0 Å². The van der Waals surface area contributed by atoms with Crippen LogP contribution < -0.4 is 26.0 Å². The number of rotatable bonds is 9. The fraction of sp³-hybridized carbons (Fsp3) is 0.452. The van der Waals surface area contributed by atoms with Crippen molar-refractivity contribution in [3.63, 3.8) is 0 Å². The largest absolute Gasteiger partial charge is 0.409 e. The van der Waals surface area contributed by atoms with Gasteiger partial charge in [-0.1, -0.05) is 20.4 Å². The maximum absolute atomic E-state index is 14.7. The number of hydrogen-bond acceptors (Lipinski definition) is 11. The summed E-state index contributed by atoms with van der Waals surface area (Å²) in [5, 5.41) is 16.4. The number of carbonyl (C=O) groups excluding carboxylic acids is 2. The number of benzene rings is 1. The number of alkyl halides is 3. The lowest BCUT2D eigenvalue weighted by atomic mass is 9.89. The Labute approximate surface area is 343 Å². The molecule has 3 aliphatic heterocycles. The van der Waals surface area contributed by atoms with Crippen molar-refractivity contribution in [1.29, 1.82) is 0 Å². The predicted octanol–water partition coefficient (Wildman–Crippen LogP) is 5.82. The Morgan fingerprint density at radius 1 is 1.12 bits per heavy atom. The number of nitrogens with one attached hydrogen (secondary N) is 2. The smallest absolute Gasteiger partial charge is 0.392 e. The zero-order valence-corrected chi connectivity index (χ0v) is 34.0. The summed E-state index contributed by atoms with van der Waals surface area (Å²) in [6.07, 6.45) is 3.38. The van der Waals surface area contributed by atoms with Gasteiger partial charge in [-0.2, -0.15) is 13.2 Å². The third-order valence-electron chi connectivity index (χ3n) is 11.8. The van der Waals surface area contributed by atoms with E-state index in [1.165, 1.54) is 50.5 Å². The number of anilines is 5. The highest BCUT2D eigenvalue weighted by Gasteiger charge is 2.48. The molecule has 2 fully saturated rings. The summed E-state index contributed by atoms with van der Waals surface area (Å²) in [5.74, 6) is -0.592. The summed E-state index contributed by atoms with van der Waals surface area (Å²) in [5.41, 5.74) is 3.72. The van der Waals surface area contributed by atoms with Crippen molar-refractivity contribution in [2.24, 2.45) is 12.5 Å². The molecule has 1 unspecified atom stereocenters. The first-order valence-corrected chi connectivity index (χ1v) is 20.6. The third kappa shape index (κ3) is 7.88. The normalized spacial score (nSPS) is 19.7. The number of nitrogens with zero attached hydrogens (tertiary/aromatic N) is 6. The first kappa shape index (κ1) is 40.7. The van der Waals surface area contributed by atoms with Gasteiger partial charge in [0.1, 0.15) is 11.9 Å². The molecule has 1 aromatic carbocycles. The second-order valence-electron chi connectivity index (χ2n) is 16.4. The molecule has 59 heavy (non-hydrogen) atoms. The van der Waals surface area contributed by atoms with Crippen LogP contribution in [-0.2, 0) is 42.4 Å². The molecule has 8 rings (SSSR count). The minimum Gasteiger partial charge on any atom is -0.392 e. The number of amides is 2. The van der Waals surface area contributed by atoms with Gasteiger partial charge in [0.15, 0.2) is 5.82 Å². The Hall–Kier alpha value is -5.10. The Morgan fingerprint density at radius 3 is 2.63 bits per heavy atom. The minimum atomic E-state index is -4.57. The minimum absolute atomic E-state index is 0.00408. The van der Waals surface area contributed by atoms with Crippen LogP contribution in [0.1, 0.15) is 57.9 Å². The van der Waals surface area contributed by atoms with Gasteiger partial charge in [-0.25, -0.2) is 9.97 Å². The number of thiophene rings is 1. The quantitative estimate of drug-likeness (QED) is 0.177. The van der Waals surface area contributed by atoms with Gasteiger partial charge in [0.2, 0.25) is 5.91 Å². The number of carbonyl (C=O) groups is 2. The fourth-order valence-corrected chi connectivity index (χ4v) is 10.5. The summed E-state index contributed by atoms with van der Waals surface area (Å²) in [4.78, 5) is 56.1. The van der Waals surface area contributed by atoms with Gasteiger partial charge in [-0.05, 0) is 79.0 Å². The van der Waals surface area contributed by atoms with E-state index in [-0.39, 0.29) is 53.3 Å². The molecular formula is C42H47F3N8O5S. The Bertz CT molecular complexity index is 2370. The predicted molar refractivity (Wildman–Crippen MR) is 221 cm³/mol. The number of ether oxygens (including phenoxy) is 1. The highest BCUT2D eigenvalue weighted by Crippen LogP contribution is 2.46. The van der Waals surface area contributed by atoms with E-state index >= 15 is 0 Å². The molecule has 0 bridgehead atoms. The van der Waals surface area contributed by atoms with E-state index in [9.17, 15) is 32.7 Å². The SMILES string of the molecule is C=CC(=O)Nc1cc(Nc2nc(-c3ccnc(N4CCc5c(sc6c5CC(C)(C)C6)C4=O)c3CO)cn(C)c2=O)ccc1N1CCN(C2CCOCC2)CC1C(F)(F)F. The van der Waals surface area contributed by atoms with Crippen LogP contribution in [-0.4, -0.2) is 94.0 Å². The van der Waals surface area contributed by atoms with Crippen LogP contribution in [0.15, 0.2) is 54.1 Å². The van der Waals surface area contributed by atoms with Crippen LogP contribution >= 0.6 is 11.3 Å². The first-order valence-electron chi connectivity index (χ1n) is 19.8. The van der Waals surface area contributed by atoms with E-state index < -0.39 is 30.3 Å². The molecule has 6 heterocycles. The molecule has 2 saturated heterocycles. The Balaban J connectivity index is 1.09. The van der Waals surface area contributed by atoms with E-state index in [1.54, 1.807) is 29.4 Å². The molecule has 17 heteroatoms. The number of aromatic nitrogens is 3. The number of piperazine rings is 1. The summed E-state index contributed by atoms with van der Waals surface area (Å²) in [6.45, 7) is 9.17. The summed E-state index contributed by atoms with van der Waals surface area (Å²) in [7, 11) is 1.54. The lowest BCUT2D eigenvalue weighted by Gasteiger charge is -2.47.